The molecule has 0 aromatic carbocycles. The van der Waals surface area contributed by atoms with Crippen LogP contribution < -0.4 is 5.32 Å². The molecule has 0 fully saturated rings. The van der Waals surface area contributed by atoms with E-state index in [0.717, 1.165) is 12.1 Å². The maximum Gasteiger partial charge on any atom is 0.222 e. The molecule has 0 unspecified atom stereocenters. The topological polar surface area (TPSA) is 37.8 Å². The van der Waals surface area contributed by atoms with E-state index in [9.17, 15) is 0 Å². The molecule has 3 nitrogen and oxygen atoms in total. The van der Waals surface area contributed by atoms with E-state index in [2.05, 4.69) is 35.2 Å². The van der Waals surface area contributed by atoms with E-state index in [-0.39, 0.29) is 0 Å². The van der Waals surface area contributed by atoms with Crippen LogP contribution in [0.25, 0.3) is 0 Å². The van der Waals surface area contributed by atoms with Gasteiger partial charge in [0, 0.05) is 22.1 Å². The zero-order valence-electron chi connectivity index (χ0n) is 9.74. The van der Waals surface area contributed by atoms with Gasteiger partial charge in [-0.3, -0.25) is 0 Å². The van der Waals surface area contributed by atoms with Crippen molar-refractivity contribution < 1.29 is 0 Å². The molecule has 0 amide bonds. The molecule has 84 valence electrons. The maximum absolute atomic E-state index is 4.20. The Morgan fingerprint density at radius 2 is 1.88 bits per heavy atom. The molecule has 4 heteroatoms. The minimum atomic E-state index is 0.689. The van der Waals surface area contributed by atoms with Gasteiger partial charge in [0.2, 0.25) is 5.95 Å². The van der Waals surface area contributed by atoms with Crippen molar-refractivity contribution in [2.45, 2.75) is 27.3 Å². The second kappa shape index (κ2) is 4.61. The molecule has 2 aromatic heterocycles. The van der Waals surface area contributed by atoms with E-state index >= 15 is 0 Å². The average Bonchev–Trinajstić information content (AvgIpc) is 2.58. The summed E-state index contributed by atoms with van der Waals surface area (Å²) in [7, 11) is 0. The normalized spacial score (nSPS) is 10.4. The van der Waals surface area contributed by atoms with E-state index in [1.807, 2.05) is 30.7 Å². The number of nitrogens with one attached hydrogen (secondary N) is 1. The van der Waals surface area contributed by atoms with Gasteiger partial charge in [0.1, 0.15) is 0 Å². The van der Waals surface area contributed by atoms with Crippen LogP contribution in [-0.4, -0.2) is 9.97 Å². The molecule has 0 aliphatic carbocycles. The van der Waals surface area contributed by atoms with Crippen molar-refractivity contribution in [1.29, 1.82) is 0 Å². The minimum Gasteiger partial charge on any atom is -0.349 e. The van der Waals surface area contributed by atoms with E-state index in [4.69, 9.17) is 0 Å². The number of anilines is 1. The number of aromatic nitrogens is 2. The van der Waals surface area contributed by atoms with E-state index in [1.165, 1.54) is 15.3 Å². The second-order valence-corrected chi connectivity index (χ2v) is 5.23. The molecule has 0 saturated carbocycles. The number of hydrogen-bond donors (Lipinski definition) is 1. The lowest BCUT2D eigenvalue weighted by Crippen LogP contribution is -2.01. The quantitative estimate of drug-likeness (QED) is 0.885. The molecule has 16 heavy (non-hydrogen) atoms. The SMILES string of the molecule is Cc1cnc(NCc2cc(C)c(C)s2)nc1. The highest BCUT2D eigenvalue weighted by molar-refractivity contribution is 7.12. The third kappa shape index (κ3) is 2.58. The van der Waals surface area contributed by atoms with Crippen LogP contribution >= 0.6 is 11.3 Å². The summed E-state index contributed by atoms with van der Waals surface area (Å²) in [6, 6.07) is 2.21. The first-order valence-electron chi connectivity index (χ1n) is 5.23. The third-order valence-electron chi connectivity index (χ3n) is 2.42. The van der Waals surface area contributed by atoms with Gasteiger partial charge >= 0.3 is 0 Å². The van der Waals surface area contributed by atoms with Crippen molar-refractivity contribution in [2.75, 3.05) is 5.32 Å². The van der Waals surface area contributed by atoms with Crippen LogP contribution in [0.5, 0.6) is 0 Å². The lowest BCUT2D eigenvalue weighted by molar-refractivity contribution is 1.05. The summed E-state index contributed by atoms with van der Waals surface area (Å²) in [6.07, 6.45) is 3.64. The van der Waals surface area contributed by atoms with Gasteiger partial charge in [-0.05, 0) is 38.0 Å². The molecule has 0 aliphatic rings. The molecular weight excluding hydrogens is 218 g/mol. The summed E-state index contributed by atoms with van der Waals surface area (Å²) in [5.41, 5.74) is 2.43. The van der Waals surface area contributed by atoms with Crippen LogP contribution in [0.4, 0.5) is 5.95 Å². The molecule has 0 radical (unpaired) electrons. The van der Waals surface area contributed by atoms with Gasteiger partial charge in [-0.15, -0.1) is 11.3 Å². The van der Waals surface area contributed by atoms with Crippen LogP contribution in [0.15, 0.2) is 18.5 Å². The van der Waals surface area contributed by atoms with Crippen molar-refractivity contribution in [3.05, 3.63) is 39.3 Å². The van der Waals surface area contributed by atoms with Crippen LogP contribution in [0, 0.1) is 20.8 Å². The minimum absolute atomic E-state index is 0.689. The molecular formula is C12H15N3S. The number of nitrogens with zero attached hydrogens (tertiary/aromatic N) is 2. The number of aryl methyl sites for hydroxylation is 3. The molecule has 2 heterocycles. The fraction of sp³-hybridized carbons (Fsp3) is 0.333. The first kappa shape index (κ1) is 11.1. The number of rotatable bonds is 3. The summed E-state index contributed by atoms with van der Waals surface area (Å²) in [5.74, 6) is 0.689. The van der Waals surface area contributed by atoms with Crippen molar-refractivity contribution >= 4 is 17.3 Å². The highest BCUT2D eigenvalue weighted by Gasteiger charge is 2.02. The Morgan fingerprint density at radius 1 is 1.19 bits per heavy atom. The molecule has 2 rings (SSSR count). The largest absolute Gasteiger partial charge is 0.349 e. The van der Waals surface area contributed by atoms with Crippen LogP contribution in [-0.2, 0) is 6.54 Å². The number of hydrogen-bond acceptors (Lipinski definition) is 4. The van der Waals surface area contributed by atoms with E-state index in [0.29, 0.717) is 5.95 Å². The molecule has 0 atom stereocenters. The third-order valence-corrected chi connectivity index (χ3v) is 3.57. The van der Waals surface area contributed by atoms with Gasteiger partial charge < -0.3 is 5.32 Å². The second-order valence-electron chi connectivity index (χ2n) is 3.89. The predicted molar refractivity (Wildman–Crippen MR) is 67.9 cm³/mol. The van der Waals surface area contributed by atoms with Gasteiger partial charge in [0.15, 0.2) is 0 Å². The van der Waals surface area contributed by atoms with Crippen molar-refractivity contribution in [3.63, 3.8) is 0 Å². The molecule has 0 spiro atoms. The van der Waals surface area contributed by atoms with Crippen molar-refractivity contribution in [1.82, 2.24) is 9.97 Å². The Bertz CT molecular complexity index is 454. The van der Waals surface area contributed by atoms with E-state index < -0.39 is 0 Å². The molecule has 0 saturated heterocycles. The smallest absolute Gasteiger partial charge is 0.222 e. The fourth-order valence-electron chi connectivity index (χ4n) is 1.39. The Labute approximate surface area is 99.6 Å². The van der Waals surface area contributed by atoms with Crippen molar-refractivity contribution in [3.8, 4) is 0 Å². The molecule has 0 aliphatic heterocycles. The summed E-state index contributed by atoms with van der Waals surface area (Å²) in [4.78, 5) is 11.1. The van der Waals surface area contributed by atoms with Gasteiger partial charge in [0.25, 0.3) is 0 Å². The highest BCUT2D eigenvalue weighted by atomic mass is 32.1. The molecule has 1 N–H and O–H groups in total. The lowest BCUT2D eigenvalue weighted by atomic mass is 10.3. The Morgan fingerprint density at radius 3 is 2.44 bits per heavy atom. The first-order chi connectivity index (χ1) is 7.65. The average molecular weight is 233 g/mol. The van der Waals surface area contributed by atoms with E-state index in [1.54, 1.807) is 0 Å². The fourth-order valence-corrected chi connectivity index (χ4v) is 2.38. The molecule has 2 aromatic rings. The maximum atomic E-state index is 4.20. The van der Waals surface area contributed by atoms with Crippen LogP contribution in [0.1, 0.15) is 20.9 Å². The monoisotopic (exact) mass is 233 g/mol. The zero-order valence-corrected chi connectivity index (χ0v) is 10.6. The zero-order chi connectivity index (χ0) is 11.5. The molecule has 0 bridgehead atoms. The van der Waals surface area contributed by atoms with Gasteiger partial charge in [-0.2, -0.15) is 0 Å². The Hall–Kier alpha value is -1.42. The van der Waals surface area contributed by atoms with Gasteiger partial charge in [0.05, 0.1) is 6.54 Å². The Kier molecular flexibility index (Phi) is 3.19. The van der Waals surface area contributed by atoms with Gasteiger partial charge in [-0.25, -0.2) is 9.97 Å². The van der Waals surface area contributed by atoms with Crippen molar-refractivity contribution in [2.24, 2.45) is 0 Å². The van der Waals surface area contributed by atoms with Crippen LogP contribution in [0.2, 0.25) is 0 Å². The number of thiophene rings is 1. The highest BCUT2D eigenvalue weighted by Crippen LogP contribution is 2.20. The lowest BCUT2D eigenvalue weighted by Gasteiger charge is -2.02. The van der Waals surface area contributed by atoms with Gasteiger partial charge in [-0.1, -0.05) is 0 Å². The standard InChI is InChI=1S/C12H15N3S/c1-8-5-13-12(14-6-8)15-7-11-4-9(2)10(3)16-11/h4-6H,7H2,1-3H3,(H,13,14,15). The van der Waals surface area contributed by atoms with Crippen LogP contribution in [0.3, 0.4) is 0 Å². The summed E-state index contributed by atoms with van der Waals surface area (Å²) < 4.78 is 0. The summed E-state index contributed by atoms with van der Waals surface area (Å²) in [6.45, 7) is 7.06. The predicted octanol–water partition coefficient (Wildman–Crippen LogP) is 3.08. The first-order valence-corrected chi connectivity index (χ1v) is 6.05. The Balaban J connectivity index is 1.99. The summed E-state index contributed by atoms with van der Waals surface area (Å²) >= 11 is 1.82. The summed E-state index contributed by atoms with van der Waals surface area (Å²) in [5, 5.41) is 3.22.